The summed E-state index contributed by atoms with van der Waals surface area (Å²) in [5.74, 6) is 1.11. The molecule has 3 aromatic rings. The second-order valence-corrected chi connectivity index (χ2v) is 9.79. The second-order valence-electron chi connectivity index (χ2n) is 8.41. The number of hydrogen-bond acceptors (Lipinski definition) is 7. The van der Waals surface area contributed by atoms with E-state index in [4.69, 9.17) is 4.52 Å². The SMILES string of the molecule is Cc1ccc(-c2noc(CN3CCN(C(=O)c4ccc5c(c4)NC(=O)[C@H](C)S5)CC3)n2)cc1. The van der Waals surface area contributed by atoms with Crippen LogP contribution in [0.1, 0.15) is 28.7 Å². The van der Waals surface area contributed by atoms with Crippen LogP contribution in [0.3, 0.4) is 0 Å². The monoisotopic (exact) mass is 463 g/mol. The van der Waals surface area contributed by atoms with Gasteiger partial charge >= 0.3 is 0 Å². The maximum Gasteiger partial charge on any atom is 0.254 e. The predicted octanol–water partition coefficient (Wildman–Crippen LogP) is 3.44. The maximum absolute atomic E-state index is 13.0. The van der Waals surface area contributed by atoms with E-state index in [1.165, 1.54) is 17.3 Å². The number of carbonyl (C=O) groups is 2. The smallest absolute Gasteiger partial charge is 0.254 e. The first-order chi connectivity index (χ1) is 16.0. The Morgan fingerprint density at radius 1 is 1.15 bits per heavy atom. The van der Waals surface area contributed by atoms with Gasteiger partial charge in [-0.3, -0.25) is 14.5 Å². The normalized spacial score (nSPS) is 18.7. The Morgan fingerprint density at radius 3 is 2.67 bits per heavy atom. The molecule has 5 rings (SSSR count). The molecular formula is C24H25N5O3S. The summed E-state index contributed by atoms with van der Waals surface area (Å²) in [6, 6.07) is 13.6. The van der Waals surface area contributed by atoms with E-state index in [1.54, 1.807) is 6.07 Å². The third kappa shape index (κ3) is 4.65. The molecule has 1 aromatic heterocycles. The van der Waals surface area contributed by atoms with Gasteiger partial charge in [0.1, 0.15) is 0 Å². The summed E-state index contributed by atoms with van der Waals surface area (Å²) < 4.78 is 5.44. The lowest BCUT2D eigenvalue weighted by Gasteiger charge is -2.34. The fraction of sp³-hybridized carbons (Fsp3) is 0.333. The summed E-state index contributed by atoms with van der Waals surface area (Å²) in [5, 5.41) is 6.87. The Morgan fingerprint density at radius 2 is 1.91 bits per heavy atom. The van der Waals surface area contributed by atoms with Crippen molar-refractivity contribution >= 4 is 29.3 Å². The molecule has 0 bridgehead atoms. The number of aryl methyl sites for hydroxylation is 1. The molecule has 2 aliphatic rings. The first-order valence-electron chi connectivity index (χ1n) is 11.0. The first-order valence-corrected chi connectivity index (χ1v) is 11.9. The molecule has 8 nitrogen and oxygen atoms in total. The number of nitrogens with zero attached hydrogens (tertiary/aromatic N) is 4. The summed E-state index contributed by atoms with van der Waals surface area (Å²) in [7, 11) is 0. The van der Waals surface area contributed by atoms with Crippen LogP contribution in [0.5, 0.6) is 0 Å². The number of nitrogens with one attached hydrogen (secondary N) is 1. The van der Waals surface area contributed by atoms with Crippen molar-refractivity contribution in [1.29, 1.82) is 0 Å². The number of rotatable bonds is 4. The van der Waals surface area contributed by atoms with Crippen LogP contribution in [0.2, 0.25) is 0 Å². The van der Waals surface area contributed by atoms with Gasteiger partial charge in [0.25, 0.3) is 5.91 Å². The van der Waals surface area contributed by atoms with E-state index in [0.29, 0.717) is 42.6 Å². The Balaban J connectivity index is 1.18. The average molecular weight is 464 g/mol. The van der Waals surface area contributed by atoms with E-state index in [-0.39, 0.29) is 17.1 Å². The van der Waals surface area contributed by atoms with Gasteiger partial charge in [-0.1, -0.05) is 35.0 Å². The topological polar surface area (TPSA) is 91.6 Å². The molecule has 0 radical (unpaired) electrons. The molecule has 0 aliphatic carbocycles. The van der Waals surface area contributed by atoms with Gasteiger partial charge in [-0.05, 0) is 32.0 Å². The standard InChI is InChI=1S/C24H25N5O3S/c1-15-3-5-17(6-4-15)22-26-21(32-27-22)14-28-9-11-29(12-10-28)24(31)18-7-8-20-19(13-18)25-23(30)16(2)33-20/h3-8,13,16H,9-12,14H2,1-2H3,(H,25,30)/t16-/m0/s1. The molecule has 170 valence electrons. The molecule has 9 heteroatoms. The molecule has 2 amide bonds. The summed E-state index contributed by atoms with van der Waals surface area (Å²) in [6.45, 7) is 7.16. The van der Waals surface area contributed by atoms with E-state index in [9.17, 15) is 9.59 Å². The van der Waals surface area contributed by atoms with Crippen molar-refractivity contribution < 1.29 is 14.1 Å². The second kappa shape index (κ2) is 8.99. The zero-order valence-electron chi connectivity index (χ0n) is 18.6. The van der Waals surface area contributed by atoms with Gasteiger partial charge in [0, 0.05) is 42.2 Å². The molecular weight excluding hydrogens is 438 g/mol. The zero-order valence-corrected chi connectivity index (χ0v) is 19.4. The Labute approximate surface area is 196 Å². The van der Waals surface area contributed by atoms with Gasteiger partial charge in [-0.25, -0.2) is 0 Å². The van der Waals surface area contributed by atoms with Gasteiger partial charge in [-0.2, -0.15) is 4.98 Å². The van der Waals surface area contributed by atoms with Crippen LogP contribution in [-0.2, 0) is 11.3 Å². The highest BCUT2D eigenvalue weighted by Gasteiger charge is 2.27. The molecule has 0 saturated carbocycles. The van der Waals surface area contributed by atoms with E-state index in [1.807, 2.05) is 55.1 Å². The summed E-state index contributed by atoms with van der Waals surface area (Å²) in [4.78, 5) is 34.6. The van der Waals surface area contributed by atoms with Crippen LogP contribution in [0.15, 0.2) is 51.9 Å². The van der Waals surface area contributed by atoms with Crippen molar-refractivity contribution in [3.63, 3.8) is 0 Å². The minimum absolute atomic E-state index is 0.0187. The lowest BCUT2D eigenvalue weighted by molar-refractivity contribution is -0.115. The van der Waals surface area contributed by atoms with Crippen molar-refractivity contribution in [3.8, 4) is 11.4 Å². The summed E-state index contributed by atoms with van der Waals surface area (Å²) in [5.41, 5.74) is 3.43. The van der Waals surface area contributed by atoms with Crippen LogP contribution in [0, 0.1) is 6.92 Å². The highest BCUT2D eigenvalue weighted by Crippen LogP contribution is 2.36. The highest BCUT2D eigenvalue weighted by molar-refractivity contribution is 8.00. The number of amides is 2. The molecule has 33 heavy (non-hydrogen) atoms. The van der Waals surface area contributed by atoms with E-state index < -0.39 is 0 Å². The van der Waals surface area contributed by atoms with Crippen molar-refractivity contribution in [1.82, 2.24) is 19.9 Å². The quantitative estimate of drug-likeness (QED) is 0.634. The molecule has 2 aromatic carbocycles. The number of benzene rings is 2. The Kier molecular flexibility index (Phi) is 5.90. The van der Waals surface area contributed by atoms with E-state index in [2.05, 4.69) is 20.4 Å². The van der Waals surface area contributed by atoms with Crippen molar-refractivity contribution in [3.05, 3.63) is 59.5 Å². The largest absolute Gasteiger partial charge is 0.338 e. The minimum atomic E-state index is -0.126. The number of piperazine rings is 1. The van der Waals surface area contributed by atoms with Crippen LogP contribution in [-0.4, -0.2) is 63.2 Å². The summed E-state index contributed by atoms with van der Waals surface area (Å²) >= 11 is 1.51. The number of carbonyl (C=O) groups excluding carboxylic acids is 2. The lowest BCUT2D eigenvalue weighted by Crippen LogP contribution is -2.48. The number of thioether (sulfide) groups is 1. The molecule has 3 heterocycles. The third-order valence-corrected chi connectivity index (χ3v) is 7.13. The average Bonchev–Trinajstić information content (AvgIpc) is 3.28. The van der Waals surface area contributed by atoms with Gasteiger partial charge < -0.3 is 14.7 Å². The van der Waals surface area contributed by atoms with Gasteiger partial charge in [0.2, 0.25) is 17.6 Å². The highest BCUT2D eigenvalue weighted by atomic mass is 32.2. The molecule has 1 N–H and O–H groups in total. The number of anilines is 1. The van der Waals surface area contributed by atoms with Gasteiger partial charge in [0.15, 0.2) is 0 Å². The fourth-order valence-corrected chi connectivity index (χ4v) is 4.89. The lowest BCUT2D eigenvalue weighted by atomic mass is 10.1. The molecule has 1 atom stereocenters. The Bertz CT molecular complexity index is 1190. The van der Waals surface area contributed by atoms with Gasteiger partial charge in [-0.15, -0.1) is 11.8 Å². The van der Waals surface area contributed by atoms with E-state index >= 15 is 0 Å². The van der Waals surface area contributed by atoms with Crippen molar-refractivity contribution in [2.24, 2.45) is 0 Å². The summed E-state index contributed by atoms with van der Waals surface area (Å²) in [6.07, 6.45) is 0. The zero-order chi connectivity index (χ0) is 22.9. The Hall–Kier alpha value is -3.17. The van der Waals surface area contributed by atoms with Crippen molar-refractivity contribution in [2.45, 2.75) is 30.5 Å². The predicted molar refractivity (Wildman–Crippen MR) is 126 cm³/mol. The van der Waals surface area contributed by atoms with Crippen molar-refractivity contribution in [2.75, 3.05) is 31.5 Å². The van der Waals surface area contributed by atoms with Crippen LogP contribution < -0.4 is 5.32 Å². The first kappa shape index (κ1) is 21.7. The minimum Gasteiger partial charge on any atom is -0.338 e. The molecule has 2 aliphatic heterocycles. The third-order valence-electron chi connectivity index (χ3n) is 5.95. The van der Waals surface area contributed by atoms with Gasteiger partial charge in [0.05, 0.1) is 17.5 Å². The van der Waals surface area contributed by atoms with Crippen LogP contribution in [0.25, 0.3) is 11.4 Å². The van der Waals surface area contributed by atoms with E-state index in [0.717, 1.165) is 23.5 Å². The maximum atomic E-state index is 13.0. The number of fused-ring (bicyclic) bond motifs is 1. The molecule has 0 spiro atoms. The number of aromatic nitrogens is 2. The molecule has 1 saturated heterocycles. The molecule has 1 fully saturated rings. The van der Waals surface area contributed by atoms with Crippen LogP contribution >= 0.6 is 11.8 Å². The van der Waals surface area contributed by atoms with Crippen LogP contribution in [0.4, 0.5) is 5.69 Å². The number of hydrogen-bond donors (Lipinski definition) is 1. The fourth-order valence-electron chi connectivity index (χ4n) is 3.96. The molecule has 0 unspecified atom stereocenters.